The van der Waals surface area contributed by atoms with Gasteiger partial charge in [-0.2, -0.15) is 10.2 Å². The van der Waals surface area contributed by atoms with E-state index in [0.717, 1.165) is 35.7 Å². The molecule has 1 atom stereocenters. The molecule has 0 spiro atoms. The van der Waals surface area contributed by atoms with Crippen LogP contribution in [0.25, 0.3) is 10.6 Å². The van der Waals surface area contributed by atoms with Gasteiger partial charge in [0, 0.05) is 35.8 Å². The van der Waals surface area contributed by atoms with Gasteiger partial charge in [-0.3, -0.25) is 15.0 Å². The monoisotopic (exact) mass is 341 g/mol. The van der Waals surface area contributed by atoms with Gasteiger partial charge < -0.3 is 4.90 Å². The molecule has 24 heavy (non-hydrogen) atoms. The third kappa shape index (κ3) is 2.87. The molecule has 1 fully saturated rings. The molecule has 0 aliphatic carbocycles. The van der Waals surface area contributed by atoms with E-state index < -0.39 is 0 Å². The van der Waals surface area contributed by atoms with Crippen LogP contribution in [0.4, 0.5) is 0 Å². The Morgan fingerprint density at radius 3 is 3.00 bits per heavy atom. The molecule has 124 valence electrons. The molecule has 0 saturated carbocycles. The molecule has 7 heteroatoms. The lowest BCUT2D eigenvalue weighted by atomic mass is 9.95. The minimum atomic E-state index is -0.00464. The van der Waals surface area contributed by atoms with Crippen molar-refractivity contribution in [3.8, 4) is 10.6 Å². The van der Waals surface area contributed by atoms with Crippen molar-refractivity contribution in [2.75, 3.05) is 13.1 Å². The quantitative estimate of drug-likeness (QED) is 0.768. The fourth-order valence-corrected chi connectivity index (χ4v) is 4.04. The van der Waals surface area contributed by atoms with Crippen LogP contribution in [0, 0.1) is 6.92 Å². The van der Waals surface area contributed by atoms with Crippen molar-refractivity contribution in [1.29, 1.82) is 0 Å². The van der Waals surface area contributed by atoms with E-state index in [9.17, 15) is 4.79 Å². The summed E-state index contributed by atoms with van der Waals surface area (Å²) >= 11 is 1.69. The highest BCUT2D eigenvalue weighted by atomic mass is 32.1. The fraction of sp³-hybridized carbons (Fsp3) is 0.353. The Kier molecular flexibility index (Phi) is 3.93. The molecule has 0 aromatic carbocycles. The van der Waals surface area contributed by atoms with Crippen molar-refractivity contribution < 1.29 is 4.79 Å². The van der Waals surface area contributed by atoms with Crippen LogP contribution in [0.2, 0.25) is 0 Å². The zero-order valence-electron chi connectivity index (χ0n) is 13.5. The topological polar surface area (TPSA) is 77.7 Å². The molecule has 1 saturated heterocycles. The Balaban J connectivity index is 1.50. The van der Waals surface area contributed by atoms with E-state index in [1.807, 2.05) is 17.0 Å². The third-order valence-corrected chi connectivity index (χ3v) is 5.51. The van der Waals surface area contributed by atoms with Crippen LogP contribution < -0.4 is 0 Å². The maximum absolute atomic E-state index is 12.8. The molecule has 0 bridgehead atoms. The van der Waals surface area contributed by atoms with Crippen LogP contribution in [0.1, 0.15) is 39.8 Å². The van der Waals surface area contributed by atoms with Gasteiger partial charge in [-0.05, 0) is 44.0 Å². The normalized spacial score (nSPS) is 18.0. The smallest absolute Gasteiger partial charge is 0.274 e. The Morgan fingerprint density at radius 1 is 1.33 bits per heavy atom. The summed E-state index contributed by atoms with van der Waals surface area (Å²) in [7, 11) is 0. The van der Waals surface area contributed by atoms with Crippen molar-refractivity contribution in [3.63, 3.8) is 0 Å². The van der Waals surface area contributed by atoms with Gasteiger partial charge in [-0.25, -0.2) is 0 Å². The van der Waals surface area contributed by atoms with Gasteiger partial charge >= 0.3 is 0 Å². The Hall–Kier alpha value is -2.41. The van der Waals surface area contributed by atoms with E-state index >= 15 is 0 Å². The third-order valence-electron chi connectivity index (χ3n) is 4.47. The van der Waals surface area contributed by atoms with Gasteiger partial charge in [-0.15, -0.1) is 11.3 Å². The highest BCUT2D eigenvalue weighted by Gasteiger charge is 2.27. The molecular weight excluding hydrogens is 322 g/mol. The van der Waals surface area contributed by atoms with Crippen LogP contribution in [-0.2, 0) is 0 Å². The number of amides is 1. The van der Waals surface area contributed by atoms with Crippen molar-refractivity contribution in [2.24, 2.45) is 0 Å². The number of carbonyl (C=O) groups is 1. The summed E-state index contributed by atoms with van der Waals surface area (Å²) in [5, 5.41) is 14.3. The predicted octanol–water partition coefficient (Wildman–Crippen LogP) is 3.19. The number of aromatic amines is 2. The second-order valence-corrected chi connectivity index (χ2v) is 7.47. The van der Waals surface area contributed by atoms with Gasteiger partial charge in [0.2, 0.25) is 0 Å². The standard InChI is InChI=1S/C17H19N5OS/c1-11-4-5-16(24-11)14-9-15(21-20-14)17(23)22-8-2-3-12(10-22)13-6-7-18-19-13/h4-7,9,12H,2-3,8,10H2,1H3,(H,18,19)(H,20,21)/t12-/m0/s1. The van der Waals surface area contributed by atoms with E-state index in [4.69, 9.17) is 0 Å². The van der Waals surface area contributed by atoms with Crippen molar-refractivity contribution in [3.05, 3.63) is 46.7 Å². The van der Waals surface area contributed by atoms with E-state index in [2.05, 4.69) is 39.5 Å². The first-order chi connectivity index (χ1) is 11.7. The van der Waals surface area contributed by atoms with E-state index in [1.54, 1.807) is 17.5 Å². The van der Waals surface area contributed by atoms with E-state index in [1.165, 1.54) is 4.88 Å². The maximum atomic E-state index is 12.8. The fourth-order valence-electron chi connectivity index (χ4n) is 3.21. The molecular formula is C17H19N5OS. The number of likely N-dealkylation sites (tertiary alicyclic amines) is 1. The Bertz CT molecular complexity index is 835. The lowest BCUT2D eigenvalue weighted by Gasteiger charge is -2.31. The molecule has 6 nitrogen and oxygen atoms in total. The summed E-state index contributed by atoms with van der Waals surface area (Å²) in [4.78, 5) is 17.0. The van der Waals surface area contributed by atoms with Gasteiger partial charge in [-0.1, -0.05) is 0 Å². The van der Waals surface area contributed by atoms with Gasteiger partial charge in [0.15, 0.2) is 5.69 Å². The molecule has 1 aliphatic heterocycles. The maximum Gasteiger partial charge on any atom is 0.274 e. The highest BCUT2D eigenvalue weighted by Crippen LogP contribution is 2.28. The zero-order valence-corrected chi connectivity index (χ0v) is 14.3. The molecule has 0 unspecified atom stereocenters. The lowest BCUT2D eigenvalue weighted by Crippen LogP contribution is -2.39. The van der Waals surface area contributed by atoms with Crippen molar-refractivity contribution in [2.45, 2.75) is 25.7 Å². The second kappa shape index (κ2) is 6.24. The van der Waals surface area contributed by atoms with Crippen molar-refractivity contribution in [1.82, 2.24) is 25.3 Å². The van der Waals surface area contributed by atoms with Crippen LogP contribution >= 0.6 is 11.3 Å². The molecule has 4 heterocycles. The summed E-state index contributed by atoms with van der Waals surface area (Å²) in [6.45, 7) is 3.56. The number of hydrogen-bond acceptors (Lipinski definition) is 4. The highest BCUT2D eigenvalue weighted by molar-refractivity contribution is 7.15. The lowest BCUT2D eigenvalue weighted by molar-refractivity contribution is 0.0700. The summed E-state index contributed by atoms with van der Waals surface area (Å²) in [6, 6.07) is 7.97. The number of hydrogen-bond donors (Lipinski definition) is 2. The van der Waals surface area contributed by atoms with Crippen LogP contribution in [-0.4, -0.2) is 44.3 Å². The number of carbonyl (C=O) groups excluding carboxylic acids is 1. The first-order valence-corrected chi connectivity index (χ1v) is 8.93. The number of thiophene rings is 1. The molecule has 2 N–H and O–H groups in total. The van der Waals surface area contributed by atoms with Gasteiger partial charge in [0.1, 0.15) is 0 Å². The van der Waals surface area contributed by atoms with Crippen LogP contribution in [0.15, 0.2) is 30.5 Å². The van der Waals surface area contributed by atoms with Crippen LogP contribution in [0.5, 0.6) is 0 Å². The van der Waals surface area contributed by atoms with E-state index in [0.29, 0.717) is 18.2 Å². The largest absolute Gasteiger partial charge is 0.337 e. The first kappa shape index (κ1) is 15.1. The summed E-state index contributed by atoms with van der Waals surface area (Å²) in [6.07, 6.45) is 3.84. The Morgan fingerprint density at radius 2 is 2.25 bits per heavy atom. The molecule has 3 aromatic rings. The number of nitrogens with zero attached hydrogens (tertiary/aromatic N) is 3. The second-order valence-electron chi connectivity index (χ2n) is 6.18. The molecule has 1 amide bonds. The minimum Gasteiger partial charge on any atom is -0.337 e. The summed E-state index contributed by atoms with van der Waals surface area (Å²) in [5.74, 6) is 0.318. The summed E-state index contributed by atoms with van der Waals surface area (Å²) in [5.41, 5.74) is 2.49. The number of piperidine rings is 1. The Labute approximate surface area is 143 Å². The average molecular weight is 341 g/mol. The molecule has 1 aliphatic rings. The van der Waals surface area contributed by atoms with Crippen LogP contribution in [0.3, 0.4) is 0 Å². The minimum absolute atomic E-state index is 0.00464. The predicted molar refractivity (Wildman–Crippen MR) is 93.1 cm³/mol. The van der Waals surface area contributed by atoms with Gasteiger partial charge in [0.05, 0.1) is 10.6 Å². The van der Waals surface area contributed by atoms with E-state index in [-0.39, 0.29) is 5.91 Å². The first-order valence-electron chi connectivity index (χ1n) is 8.11. The zero-order chi connectivity index (χ0) is 16.5. The summed E-state index contributed by atoms with van der Waals surface area (Å²) < 4.78 is 0. The number of nitrogens with one attached hydrogen (secondary N) is 2. The number of rotatable bonds is 3. The number of aromatic nitrogens is 4. The average Bonchev–Trinajstić information content (AvgIpc) is 3.35. The number of H-pyrrole nitrogens is 2. The van der Waals surface area contributed by atoms with Gasteiger partial charge in [0.25, 0.3) is 5.91 Å². The molecule has 3 aromatic heterocycles. The molecule has 4 rings (SSSR count). The van der Waals surface area contributed by atoms with Crippen molar-refractivity contribution >= 4 is 17.2 Å². The number of aryl methyl sites for hydroxylation is 1. The molecule has 0 radical (unpaired) electrons. The SMILES string of the molecule is Cc1ccc(-c2cc(C(=O)N3CCC[C@H](c4ccn[nH]4)C3)n[nH]2)s1.